The van der Waals surface area contributed by atoms with Crippen molar-refractivity contribution in [3.63, 3.8) is 0 Å². The highest BCUT2D eigenvalue weighted by atomic mass is 35.5. The zero-order valence-corrected chi connectivity index (χ0v) is 13.1. The van der Waals surface area contributed by atoms with Crippen molar-refractivity contribution in [3.8, 4) is 17.6 Å². The molecule has 0 heterocycles. The van der Waals surface area contributed by atoms with Gasteiger partial charge in [-0.15, -0.1) is 11.6 Å². The van der Waals surface area contributed by atoms with Gasteiger partial charge in [0.25, 0.3) is 0 Å². The van der Waals surface area contributed by atoms with E-state index in [2.05, 4.69) is 39.5 Å². The quantitative estimate of drug-likeness (QED) is 0.568. The third-order valence-corrected chi connectivity index (χ3v) is 2.95. The first-order valence-corrected chi connectivity index (χ1v) is 7.24. The summed E-state index contributed by atoms with van der Waals surface area (Å²) in [5.41, 5.74) is 2.51. The molecule has 0 aromatic heterocycles. The van der Waals surface area contributed by atoms with Gasteiger partial charge in [0, 0.05) is 17.9 Å². The van der Waals surface area contributed by atoms with Gasteiger partial charge >= 0.3 is 0 Å². The van der Waals surface area contributed by atoms with Crippen LogP contribution < -0.4 is 4.74 Å². The maximum atomic E-state index is 5.77. The van der Waals surface area contributed by atoms with Crippen molar-refractivity contribution < 1.29 is 4.74 Å². The molecule has 0 aliphatic carbocycles. The van der Waals surface area contributed by atoms with Gasteiger partial charge in [0.2, 0.25) is 0 Å². The van der Waals surface area contributed by atoms with Gasteiger partial charge in [0.05, 0.1) is 6.61 Å². The molecular weight excluding hydrogens is 256 g/mol. The number of benzene rings is 1. The molecule has 0 spiro atoms. The molecule has 0 aliphatic heterocycles. The lowest BCUT2D eigenvalue weighted by Gasteiger charge is -2.18. The van der Waals surface area contributed by atoms with Crippen LogP contribution in [0.4, 0.5) is 0 Å². The van der Waals surface area contributed by atoms with Crippen LogP contribution in [-0.4, -0.2) is 12.5 Å². The Labute approximate surface area is 122 Å². The third-order valence-electron chi connectivity index (χ3n) is 2.76. The molecule has 0 bridgehead atoms. The average molecular weight is 279 g/mol. The summed E-state index contributed by atoms with van der Waals surface area (Å²) in [6, 6.07) is 6.05. The second kappa shape index (κ2) is 7.46. The summed E-state index contributed by atoms with van der Waals surface area (Å²) in [5.74, 6) is 7.69. The highest BCUT2D eigenvalue weighted by molar-refractivity contribution is 6.18. The lowest BCUT2D eigenvalue weighted by atomic mass is 9.93. The van der Waals surface area contributed by atoms with E-state index in [1.807, 2.05) is 18.2 Å². The molecule has 1 rings (SSSR count). The van der Waals surface area contributed by atoms with Crippen molar-refractivity contribution in [2.75, 3.05) is 12.5 Å². The molecule has 19 heavy (non-hydrogen) atoms. The molecule has 0 radical (unpaired) electrons. The molecule has 1 aromatic carbocycles. The van der Waals surface area contributed by atoms with Crippen molar-refractivity contribution in [2.24, 2.45) is 5.41 Å². The fourth-order valence-electron chi connectivity index (χ4n) is 1.55. The van der Waals surface area contributed by atoms with Gasteiger partial charge < -0.3 is 4.74 Å². The predicted molar refractivity (Wildman–Crippen MR) is 83.0 cm³/mol. The molecule has 1 aromatic rings. The van der Waals surface area contributed by atoms with E-state index in [0.717, 1.165) is 36.3 Å². The molecule has 0 atom stereocenters. The topological polar surface area (TPSA) is 9.23 Å². The smallest absolute Gasteiger partial charge is 0.119 e. The third kappa shape index (κ3) is 6.55. The molecule has 104 valence electrons. The maximum Gasteiger partial charge on any atom is 0.119 e. The summed E-state index contributed by atoms with van der Waals surface area (Å²) in [5, 5.41) is 0. The molecule has 0 N–H and O–H groups in total. The van der Waals surface area contributed by atoms with Crippen LogP contribution in [-0.2, 0) is 0 Å². The Morgan fingerprint density at radius 2 is 2.00 bits per heavy atom. The van der Waals surface area contributed by atoms with Crippen molar-refractivity contribution in [2.45, 2.75) is 40.5 Å². The van der Waals surface area contributed by atoms with Crippen molar-refractivity contribution in [1.82, 2.24) is 0 Å². The zero-order valence-electron chi connectivity index (χ0n) is 12.3. The fourth-order valence-corrected chi connectivity index (χ4v) is 1.64. The highest BCUT2D eigenvalue weighted by Gasteiger charge is 2.10. The van der Waals surface area contributed by atoms with Gasteiger partial charge in [0.15, 0.2) is 0 Å². The Morgan fingerprint density at radius 3 is 2.58 bits per heavy atom. The van der Waals surface area contributed by atoms with Crippen LogP contribution in [0.5, 0.6) is 5.75 Å². The average Bonchev–Trinajstić information content (AvgIpc) is 2.30. The maximum absolute atomic E-state index is 5.77. The number of ether oxygens (including phenoxy) is 1. The summed E-state index contributed by atoms with van der Waals surface area (Å²) in [6.07, 6.45) is 1.77. The minimum Gasteiger partial charge on any atom is -0.494 e. The first-order chi connectivity index (χ1) is 8.92. The van der Waals surface area contributed by atoms with E-state index in [1.54, 1.807) is 0 Å². The second-order valence-electron chi connectivity index (χ2n) is 5.88. The number of hydrogen-bond donors (Lipinski definition) is 0. The Bertz CT molecular complexity index is 460. The van der Waals surface area contributed by atoms with Crippen LogP contribution in [0.1, 0.15) is 44.7 Å². The van der Waals surface area contributed by atoms with Crippen LogP contribution in [0.15, 0.2) is 18.2 Å². The van der Waals surface area contributed by atoms with Gasteiger partial charge in [-0.3, -0.25) is 0 Å². The number of halogens is 1. The largest absolute Gasteiger partial charge is 0.494 e. The van der Waals surface area contributed by atoms with Crippen molar-refractivity contribution in [3.05, 3.63) is 29.3 Å². The van der Waals surface area contributed by atoms with E-state index in [4.69, 9.17) is 16.3 Å². The van der Waals surface area contributed by atoms with Crippen molar-refractivity contribution in [1.29, 1.82) is 0 Å². The molecular formula is C17H23ClO. The summed E-state index contributed by atoms with van der Waals surface area (Å²) in [7, 11) is 0. The molecule has 2 heteroatoms. The first-order valence-electron chi connectivity index (χ1n) is 6.71. The molecule has 0 saturated heterocycles. The van der Waals surface area contributed by atoms with Crippen LogP contribution >= 0.6 is 11.6 Å². The van der Waals surface area contributed by atoms with Crippen LogP contribution in [0.2, 0.25) is 0 Å². The molecule has 0 fully saturated rings. The Balaban J connectivity index is 2.60. The predicted octanol–water partition coefficient (Wildman–Crippen LogP) is 4.79. The summed E-state index contributed by atoms with van der Waals surface area (Å²) in [6.45, 7) is 9.47. The number of hydrogen-bond acceptors (Lipinski definition) is 1. The van der Waals surface area contributed by atoms with Gasteiger partial charge in [-0.2, -0.15) is 0 Å². The minimum absolute atomic E-state index is 0.308. The van der Waals surface area contributed by atoms with Crippen LogP contribution in [0.3, 0.4) is 0 Å². The number of alkyl halides is 1. The lowest BCUT2D eigenvalue weighted by Crippen LogP contribution is -2.11. The van der Waals surface area contributed by atoms with E-state index in [-0.39, 0.29) is 0 Å². The Kier molecular flexibility index (Phi) is 6.25. The summed E-state index contributed by atoms with van der Waals surface area (Å²) in [4.78, 5) is 0. The summed E-state index contributed by atoms with van der Waals surface area (Å²) >= 11 is 5.60. The Morgan fingerprint density at radius 1 is 1.26 bits per heavy atom. The van der Waals surface area contributed by atoms with E-state index in [0.29, 0.717) is 11.3 Å². The SMILES string of the molecule is Cc1cc(OCCC(C)(C)C)ccc1C#CCCCl. The number of aryl methyl sites for hydroxylation is 1. The zero-order chi connectivity index (χ0) is 14.3. The second-order valence-corrected chi connectivity index (χ2v) is 6.25. The van der Waals surface area contributed by atoms with Gasteiger partial charge in [0.1, 0.15) is 5.75 Å². The van der Waals surface area contributed by atoms with Crippen LogP contribution in [0, 0.1) is 24.2 Å². The highest BCUT2D eigenvalue weighted by Crippen LogP contribution is 2.21. The molecule has 1 nitrogen and oxygen atoms in total. The van der Waals surface area contributed by atoms with E-state index < -0.39 is 0 Å². The van der Waals surface area contributed by atoms with E-state index in [9.17, 15) is 0 Å². The van der Waals surface area contributed by atoms with E-state index in [1.165, 1.54) is 0 Å². The monoisotopic (exact) mass is 278 g/mol. The van der Waals surface area contributed by atoms with Crippen LogP contribution in [0.25, 0.3) is 0 Å². The Hall–Kier alpha value is -1.13. The normalized spacial score (nSPS) is 10.8. The lowest BCUT2D eigenvalue weighted by molar-refractivity contribution is 0.243. The van der Waals surface area contributed by atoms with Crippen molar-refractivity contribution >= 4 is 11.6 Å². The molecule has 0 aliphatic rings. The minimum atomic E-state index is 0.308. The molecule has 0 amide bonds. The fraction of sp³-hybridized carbons (Fsp3) is 0.529. The van der Waals surface area contributed by atoms with Gasteiger partial charge in [-0.25, -0.2) is 0 Å². The number of rotatable bonds is 4. The first kappa shape index (κ1) is 15.9. The van der Waals surface area contributed by atoms with E-state index >= 15 is 0 Å². The summed E-state index contributed by atoms with van der Waals surface area (Å²) < 4.78 is 5.77. The molecule has 0 saturated carbocycles. The van der Waals surface area contributed by atoms with Gasteiger partial charge in [-0.05, 0) is 42.5 Å². The van der Waals surface area contributed by atoms with Gasteiger partial charge in [-0.1, -0.05) is 32.6 Å². The molecule has 0 unspecified atom stereocenters. The standard InChI is InChI=1S/C17H23ClO/c1-14-13-16(19-12-10-17(2,3)4)9-8-15(14)7-5-6-11-18/h8-9,13H,6,10-12H2,1-4H3.